The van der Waals surface area contributed by atoms with Crippen LogP contribution in [0, 0.1) is 0 Å². The molecule has 5 nitrogen and oxygen atoms in total. The molecule has 0 radical (unpaired) electrons. The van der Waals surface area contributed by atoms with Crippen LogP contribution >= 0.6 is 11.8 Å². The van der Waals surface area contributed by atoms with Crippen LogP contribution in [0.4, 0.5) is 0 Å². The van der Waals surface area contributed by atoms with Crippen molar-refractivity contribution in [3.05, 3.63) is 42.0 Å². The fourth-order valence-electron chi connectivity index (χ4n) is 1.59. The quantitative estimate of drug-likeness (QED) is 0.791. The Labute approximate surface area is 122 Å². The number of aromatic nitrogens is 2. The van der Waals surface area contributed by atoms with Gasteiger partial charge in [0.2, 0.25) is 5.89 Å². The second-order valence-electron chi connectivity index (χ2n) is 4.67. The Morgan fingerprint density at radius 3 is 2.80 bits per heavy atom. The lowest BCUT2D eigenvalue weighted by molar-refractivity contribution is 0.0962. The normalized spacial score (nSPS) is 14.2. The Morgan fingerprint density at radius 1 is 1.35 bits per heavy atom. The van der Waals surface area contributed by atoms with E-state index in [9.17, 15) is 0 Å². The molecule has 1 heterocycles. The first-order valence-corrected chi connectivity index (χ1v) is 7.48. The van der Waals surface area contributed by atoms with E-state index in [1.54, 1.807) is 11.8 Å². The van der Waals surface area contributed by atoms with Crippen LogP contribution < -0.4 is 5.73 Å². The molecule has 0 saturated heterocycles. The van der Waals surface area contributed by atoms with E-state index in [1.165, 1.54) is 0 Å². The fourth-order valence-corrected chi connectivity index (χ4v) is 2.34. The summed E-state index contributed by atoms with van der Waals surface area (Å²) in [6.07, 6.45) is 0. The van der Waals surface area contributed by atoms with Crippen LogP contribution in [0.2, 0.25) is 0 Å². The summed E-state index contributed by atoms with van der Waals surface area (Å²) < 4.78 is 10.6. The van der Waals surface area contributed by atoms with Gasteiger partial charge in [-0.3, -0.25) is 0 Å². The SMILES string of the molecule is CCOCC(C)(N)c1noc(CSc2ccccc2)n1. The maximum atomic E-state index is 6.13. The van der Waals surface area contributed by atoms with Crippen LogP contribution in [-0.4, -0.2) is 23.4 Å². The third-order valence-corrected chi connectivity index (χ3v) is 3.69. The summed E-state index contributed by atoms with van der Waals surface area (Å²) in [5.74, 6) is 1.68. The van der Waals surface area contributed by atoms with E-state index in [4.69, 9.17) is 15.0 Å². The van der Waals surface area contributed by atoms with Gasteiger partial charge >= 0.3 is 0 Å². The number of ether oxygens (including phenoxy) is 1. The molecule has 2 N–H and O–H groups in total. The van der Waals surface area contributed by atoms with Crippen molar-refractivity contribution >= 4 is 11.8 Å². The van der Waals surface area contributed by atoms with Gasteiger partial charge < -0.3 is 15.0 Å². The highest BCUT2D eigenvalue weighted by Crippen LogP contribution is 2.22. The predicted molar refractivity (Wildman–Crippen MR) is 78.3 cm³/mol. The van der Waals surface area contributed by atoms with Crippen LogP contribution in [0.25, 0.3) is 0 Å². The molecule has 0 amide bonds. The lowest BCUT2D eigenvalue weighted by atomic mass is 10.1. The second kappa shape index (κ2) is 6.88. The maximum Gasteiger partial charge on any atom is 0.237 e. The second-order valence-corrected chi connectivity index (χ2v) is 5.72. The van der Waals surface area contributed by atoms with Gasteiger partial charge in [-0.15, -0.1) is 11.8 Å². The lowest BCUT2D eigenvalue weighted by Gasteiger charge is -2.19. The van der Waals surface area contributed by atoms with Gasteiger partial charge in [0.15, 0.2) is 5.82 Å². The van der Waals surface area contributed by atoms with Crippen molar-refractivity contribution in [2.45, 2.75) is 30.0 Å². The number of nitrogens with zero attached hydrogens (tertiary/aromatic N) is 2. The number of hydrogen-bond acceptors (Lipinski definition) is 6. The highest BCUT2D eigenvalue weighted by Gasteiger charge is 2.27. The van der Waals surface area contributed by atoms with E-state index in [-0.39, 0.29) is 0 Å². The van der Waals surface area contributed by atoms with Crippen LogP contribution in [0.15, 0.2) is 39.8 Å². The largest absolute Gasteiger partial charge is 0.379 e. The first-order valence-electron chi connectivity index (χ1n) is 6.49. The Kier molecular flexibility index (Phi) is 5.17. The van der Waals surface area contributed by atoms with Gasteiger partial charge in [-0.05, 0) is 26.0 Å². The Hall–Kier alpha value is -1.37. The molecular formula is C14H19N3O2S. The first kappa shape index (κ1) is 15.0. The lowest BCUT2D eigenvalue weighted by Crippen LogP contribution is -2.39. The molecule has 0 fully saturated rings. The average Bonchev–Trinajstić information content (AvgIpc) is 2.94. The van der Waals surface area contributed by atoms with Crippen LogP contribution in [0.3, 0.4) is 0 Å². The Bertz CT molecular complexity index is 528. The van der Waals surface area contributed by atoms with Crippen molar-refractivity contribution in [3.63, 3.8) is 0 Å². The third kappa shape index (κ3) is 4.06. The molecule has 0 bridgehead atoms. The summed E-state index contributed by atoms with van der Waals surface area (Å²) in [6, 6.07) is 10.1. The van der Waals surface area contributed by atoms with Crippen molar-refractivity contribution in [1.29, 1.82) is 0 Å². The van der Waals surface area contributed by atoms with Gasteiger partial charge in [0.25, 0.3) is 0 Å². The maximum absolute atomic E-state index is 6.13. The van der Waals surface area contributed by atoms with E-state index in [0.29, 0.717) is 30.7 Å². The van der Waals surface area contributed by atoms with Gasteiger partial charge in [0.05, 0.1) is 12.4 Å². The molecular weight excluding hydrogens is 274 g/mol. The van der Waals surface area contributed by atoms with Gasteiger partial charge in [-0.2, -0.15) is 4.98 Å². The molecule has 0 spiro atoms. The summed E-state index contributed by atoms with van der Waals surface area (Å²) in [5, 5.41) is 3.95. The fraction of sp³-hybridized carbons (Fsp3) is 0.429. The molecule has 0 saturated carbocycles. The van der Waals surface area contributed by atoms with Crippen LogP contribution in [0.1, 0.15) is 25.6 Å². The van der Waals surface area contributed by atoms with Gasteiger partial charge in [-0.25, -0.2) is 0 Å². The average molecular weight is 293 g/mol. The van der Waals surface area contributed by atoms with Crippen LogP contribution in [0.5, 0.6) is 0 Å². The third-order valence-electron chi connectivity index (χ3n) is 2.69. The number of thioether (sulfide) groups is 1. The van der Waals surface area contributed by atoms with Crippen molar-refractivity contribution in [2.75, 3.05) is 13.2 Å². The molecule has 6 heteroatoms. The summed E-state index contributed by atoms with van der Waals surface area (Å²) in [5.41, 5.74) is 5.40. The zero-order valence-corrected chi connectivity index (χ0v) is 12.5. The van der Waals surface area contributed by atoms with E-state index in [1.807, 2.05) is 44.2 Å². The van der Waals surface area contributed by atoms with Gasteiger partial charge in [0, 0.05) is 11.5 Å². The molecule has 1 unspecified atom stereocenters. The van der Waals surface area contributed by atoms with Crippen molar-refractivity contribution in [1.82, 2.24) is 10.1 Å². The highest BCUT2D eigenvalue weighted by atomic mass is 32.2. The minimum Gasteiger partial charge on any atom is -0.379 e. The Morgan fingerprint density at radius 2 is 2.10 bits per heavy atom. The molecule has 2 aromatic rings. The molecule has 1 aromatic heterocycles. The van der Waals surface area contributed by atoms with E-state index >= 15 is 0 Å². The van der Waals surface area contributed by atoms with Crippen molar-refractivity contribution in [2.24, 2.45) is 5.73 Å². The van der Waals surface area contributed by atoms with Gasteiger partial charge in [0.1, 0.15) is 5.54 Å². The molecule has 0 aliphatic carbocycles. The zero-order valence-electron chi connectivity index (χ0n) is 11.7. The van der Waals surface area contributed by atoms with Crippen molar-refractivity contribution in [3.8, 4) is 0 Å². The number of benzene rings is 1. The molecule has 1 aromatic carbocycles. The van der Waals surface area contributed by atoms with E-state index in [0.717, 1.165) is 4.90 Å². The van der Waals surface area contributed by atoms with Gasteiger partial charge in [-0.1, -0.05) is 23.4 Å². The summed E-state index contributed by atoms with van der Waals surface area (Å²) in [4.78, 5) is 5.51. The van der Waals surface area contributed by atoms with E-state index < -0.39 is 5.54 Å². The minimum absolute atomic E-state index is 0.369. The summed E-state index contributed by atoms with van der Waals surface area (Å²) in [7, 11) is 0. The summed E-state index contributed by atoms with van der Waals surface area (Å²) >= 11 is 1.65. The molecule has 108 valence electrons. The minimum atomic E-state index is -0.727. The molecule has 0 aliphatic heterocycles. The number of nitrogens with two attached hydrogens (primary N) is 1. The number of hydrogen-bond donors (Lipinski definition) is 1. The molecule has 1 atom stereocenters. The first-order chi connectivity index (χ1) is 9.62. The smallest absolute Gasteiger partial charge is 0.237 e. The summed E-state index contributed by atoms with van der Waals surface area (Å²) in [6.45, 7) is 4.74. The van der Waals surface area contributed by atoms with E-state index in [2.05, 4.69) is 10.1 Å². The zero-order chi connectivity index (χ0) is 14.4. The standard InChI is InChI=1S/C14H19N3O2S/c1-3-18-10-14(2,15)13-16-12(19-17-13)9-20-11-7-5-4-6-8-11/h4-8H,3,9-10,15H2,1-2H3. The monoisotopic (exact) mass is 293 g/mol. The number of rotatable bonds is 7. The topological polar surface area (TPSA) is 74.2 Å². The van der Waals surface area contributed by atoms with Crippen LogP contribution in [-0.2, 0) is 16.0 Å². The molecule has 20 heavy (non-hydrogen) atoms. The predicted octanol–water partition coefficient (Wildman–Crippen LogP) is 2.57. The van der Waals surface area contributed by atoms with Crippen molar-refractivity contribution < 1.29 is 9.26 Å². The highest BCUT2D eigenvalue weighted by molar-refractivity contribution is 7.98. The molecule has 0 aliphatic rings. The molecule has 2 rings (SSSR count). The Balaban J connectivity index is 1.95.